The lowest BCUT2D eigenvalue weighted by molar-refractivity contribution is -0.105. The van der Waals surface area contributed by atoms with Crippen LogP contribution >= 0.6 is 0 Å². The number of carbonyl (C=O) groups excluding carboxylic acids is 2. The maximum Gasteiger partial charge on any atom is 0.150 e. The van der Waals surface area contributed by atoms with Crippen LogP contribution < -0.4 is 14.9 Å². The van der Waals surface area contributed by atoms with E-state index in [0.717, 1.165) is 77.6 Å². The van der Waals surface area contributed by atoms with Crippen LogP contribution in [0.3, 0.4) is 0 Å². The molecular formula is C35H48N4O3S. The molecule has 2 unspecified atom stereocenters. The van der Waals surface area contributed by atoms with Gasteiger partial charge in [0.15, 0.2) is 0 Å². The van der Waals surface area contributed by atoms with Gasteiger partial charge in [0.25, 0.3) is 0 Å². The monoisotopic (exact) mass is 604 g/mol. The smallest absolute Gasteiger partial charge is 0.150 e. The summed E-state index contributed by atoms with van der Waals surface area (Å²) in [6, 6.07) is 12.6. The fourth-order valence-electron chi connectivity index (χ4n) is 5.47. The lowest BCUT2D eigenvalue weighted by Gasteiger charge is -2.25. The summed E-state index contributed by atoms with van der Waals surface area (Å²) in [5.74, 6) is 0.181. The van der Waals surface area contributed by atoms with E-state index in [1.54, 1.807) is 0 Å². The molecule has 2 atom stereocenters. The van der Waals surface area contributed by atoms with Crippen LogP contribution in [-0.4, -0.2) is 67.7 Å². The Morgan fingerprint density at radius 3 is 2.30 bits per heavy atom. The molecule has 0 saturated heterocycles. The fraction of sp³-hybridized carbons (Fsp3) is 0.429. The summed E-state index contributed by atoms with van der Waals surface area (Å²) in [7, 11) is 6.67. The quantitative estimate of drug-likeness (QED) is 0.131. The van der Waals surface area contributed by atoms with Crippen molar-refractivity contribution in [2.24, 2.45) is 0 Å². The summed E-state index contributed by atoms with van der Waals surface area (Å²) in [4.78, 5) is 24.7. The summed E-state index contributed by atoms with van der Waals surface area (Å²) in [5.41, 5.74) is 8.84. The van der Waals surface area contributed by atoms with Crippen LogP contribution in [-0.2, 0) is 22.3 Å². The first-order valence-electron chi connectivity index (χ1n) is 14.9. The molecule has 2 aromatic carbocycles. The Labute approximate surface area is 260 Å². The molecule has 0 aromatic heterocycles. The maximum absolute atomic E-state index is 13.5. The van der Waals surface area contributed by atoms with Gasteiger partial charge in [-0.1, -0.05) is 37.3 Å². The van der Waals surface area contributed by atoms with E-state index < -0.39 is 11.0 Å². The summed E-state index contributed by atoms with van der Waals surface area (Å²) in [6.45, 7) is 12.1. The molecule has 0 radical (unpaired) electrons. The molecule has 1 aliphatic carbocycles. The third-order valence-corrected chi connectivity index (χ3v) is 10.1. The first-order valence-corrected chi connectivity index (χ1v) is 16.0. The number of anilines is 1. The number of hydrogen-bond donors (Lipinski definition) is 2. The zero-order valence-corrected chi connectivity index (χ0v) is 27.6. The highest BCUT2D eigenvalue weighted by Crippen LogP contribution is 2.50. The van der Waals surface area contributed by atoms with Gasteiger partial charge < -0.3 is 15.5 Å². The van der Waals surface area contributed by atoms with Gasteiger partial charge in [0.2, 0.25) is 0 Å². The second kappa shape index (κ2) is 15.4. The van der Waals surface area contributed by atoms with Gasteiger partial charge in [-0.25, -0.2) is 4.21 Å². The highest BCUT2D eigenvalue weighted by atomic mass is 32.2. The Kier molecular flexibility index (Phi) is 12.2. The second-order valence-electron chi connectivity index (χ2n) is 11.9. The standard InChI is InChI=1S/C25H30N2O2S.C10H18N2O/c1-5-10-25(11-12-25)30(29)27-15-18(2)24-22(17-28)13-21(14-23(24)27)20-8-6-19(7-9-20)16-26(3)4;1-8(5-9(2)12-4)10(7-13)6-11-3/h5-9,13-14,17-18H,1,10-12,15-16H2,2-4H3;5,7,11-12H,6H2,1-4H3/b;9-5-,10-8-. The van der Waals surface area contributed by atoms with Crippen LogP contribution in [0.15, 0.2) is 72.0 Å². The summed E-state index contributed by atoms with van der Waals surface area (Å²) in [5, 5.41) is 5.96. The number of benzene rings is 2. The highest BCUT2D eigenvalue weighted by molar-refractivity contribution is 7.88. The first-order chi connectivity index (χ1) is 20.5. The summed E-state index contributed by atoms with van der Waals surface area (Å²) < 4.78 is 15.4. The number of rotatable bonds is 13. The van der Waals surface area contributed by atoms with Crippen molar-refractivity contribution >= 4 is 29.2 Å². The molecular weight excluding hydrogens is 556 g/mol. The Balaban J connectivity index is 0.000000331. The molecule has 1 heterocycles. The van der Waals surface area contributed by atoms with Gasteiger partial charge in [-0.2, -0.15) is 0 Å². The van der Waals surface area contributed by atoms with Crippen LogP contribution in [0.1, 0.15) is 67.4 Å². The number of hydrogen-bond acceptors (Lipinski definition) is 6. The van der Waals surface area contributed by atoms with Crippen molar-refractivity contribution < 1.29 is 13.8 Å². The third-order valence-electron chi connectivity index (χ3n) is 8.04. The van der Waals surface area contributed by atoms with Crippen molar-refractivity contribution in [3.63, 3.8) is 0 Å². The molecule has 1 fully saturated rings. The van der Waals surface area contributed by atoms with Gasteiger partial charge in [0.05, 0.1) is 10.4 Å². The Bertz CT molecular complexity index is 1390. The molecule has 7 nitrogen and oxygen atoms in total. The van der Waals surface area contributed by atoms with Crippen LogP contribution in [0.2, 0.25) is 0 Å². The lowest BCUT2D eigenvalue weighted by atomic mass is 9.93. The van der Waals surface area contributed by atoms with Gasteiger partial charge in [-0.3, -0.25) is 13.9 Å². The average Bonchev–Trinajstić information content (AvgIpc) is 3.70. The number of allylic oxidation sites excluding steroid dienone is 4. The van der Waals surface area contributed by atoms with Crippen LogP contribution in [0.4, 0.5) is 5.69 Å². The predicted octanol–water partition coefficient (Wildman–Crippen LogP) is 5.77. The van der Waals surface area contributed by atoms with E-state index >= 15 is 0 Å². The molecule has 0 spiro atoms. The normalized spacial score (nSPS) is 18.2. The van der Waals surface area contributed by atoms with Gasteiger partial charge in [-0.05, 0) is 100 Å². The van der Waals surface area contributed by atoms with Crippen LogP contribution in [0, 0.1) is 0 Å². The summed E-state index contributed by atoms with van der Waals surface area (Å²) >= 11 is 0. The third kappa shape index (κ3) is 8.40. The highest BCUT2D eigenvalue weighted by Gasteiger charge is 2.51. The molecule has 2 aromatic rings. The Morgan fingerprint density at radius 1 is 1.12 bits per heavy atom. The van der Waals surface area contributed by atoms with E-state index in [-0.39, 0.29) is 10.7 Å². The van der Waals surface area contributed by atoms with Crippen molar-refractivity contribution in [1.82, 2.24) is 15.5 Å². The molecule has 43 heavy (non-hydrogen) atoms. The minimum Gasteiger partial charge on any atom is -0.392 e. The van der Waals surface area contributed by atoms with Gasteiger partial charge in [-0.15, -0.1) is 6.58 Å². The number of nitrogens with zero attached hydrogens (tertiary/aromatic N) is 2. The zero-order valence-electron chi connectivity index (χ0n) is 26.8. The topological polar surface area (TPSA) is 81.8 Å². The second-order valence-corrected chi connectivity index (χ2v) is 13.7. The van der Waals surface area contributed by atoms with Crippen molar-refractivity contribution in [3.05, 3.63) is 88.7 Å². The SMILES string of the molecule is C=CCC1(S(=O)N2CC(C)c3c(C=O)cc(-c4ccc(CN(C)C)cc4)cc32)CC1.CNC/C(C=O)=C(C)/C=C(/C)NC. The Hall–Kier alpha value is -3.33. The maximum atomic E-state index is 13.5. The van der Waals surface area contributed by atoms with E-state index in [9.17, 15) is 13.8 Å². The Morgan fingerprint density at radius 2 is 1.79 bits per heavy atom. The van der Waals surface area contributed by atoms with Crippen molar-refractivity contribution in [1.29, 1.82) is 0 Å². The van der Waals surface area contributed by atoms with E-state index in [1.165, 1.54) is 5.56 Å². The van der Waals surface area contributed by atoms with E-state index in [1.807, 2.05) is 50.5 Å². The molecule has 1 aliphatic heterocycles. The fourth-order valence-corrected chi connectivity index (χ4v) is 7.34. The van der Waals surface area contributed by atoms with E-state index in [4.69, 9.17) is 0 Å². The molecule has 0 bridgehead atoms. The molecule has 0 amide bonds. The van der Waals surface area contributed by atoms with Crippen molar-refractivity contribution in [3.8, 4) is 11.1 Å². The molecule has 1 saturated carbocycles. The van der Waals surface area contributed by atoms with Crippen molar-refractivity contribution in [2.45, 2.75) is 57.2 Å². The van der Waals surface area contributed by atoms with E-state index in [2.05, 4.69) is 73.5 Å². The van der Waals surface area contributed by atoms with Crippen LogP contribution in [0.5, 0.6) is 0 Å². The number of aldehydes is 2. The number of nitrogens with one attached hydrogen (secondary N) is 2. The predicted molar refractivity (Wildman–Crippen MR) is 181 cm³/mol. The molecule has 232 valence electrons. The average molecular weight is 605 g/mol. The number of likely N-dealkylation sites (N-methyl/N-ethyl adjacent to an activating group) is 1. The largest absolute Gasteiger partial charge is 0.392 e. The zero-order chi connectivity index (χ0) is 31.7. The number of carbonyl (C=O) groups is 2. The minimum absolute atomic E-state index is 0.172. The molecule has 4 rings (SSSR count). The minimum atomic E-state index is -1.12. The van der Waals surface area contributed by atoms with Gasteiger partial charge in [0.1, 0.15) is 23.6 Å². The molecule has 2 N–H and O–H groups in total. The lowest BCUT2D eigenvalue weighted by Crippen LogP contribution is -2.33. The van der Waals surface area contributed by atoms with Gasteiger partial charge in [0, 0.05) is 49.4 Å². The summed E-state index contributed by atoms with van der Waals surface area (Å²) in [6.07, 6.45) is 8.40. The van der Waals surface area contributed by atoms with Crippen molar-refractivity contribution in [2.75, 3.05) is 45.6 Å². The number of fused-ring (bicyclic) bond motifs is 1. The van der Waals surface area contributed by atoms with Crippen LogP contribution in [0.25, 0.3) is 11.1 Å². The first kappa shape index (κ1) is 34.2. The molecule has 2 aliphatic rings. The van der Waals surface area contributed by atoms with Gasteiger partial charge >= 0.3 is 0 Å². The van der Waals surface area contributed by atoms with E-state index in [0.29, 0.717) is 18.7 Å². The molecule has 8 heteroatoms.